The summed E-state index contributed by atoms with van der Waals surface area (Å²) < 4.78 is 5.00. The second-order valence-electron chi connectivity index (χ2n) is 5.32. The SMILES string of the molecule is COCCNC(CC(=O)O)Cc1c(C)cc(C)cc1C. The standard InChI is InChI=1S/C16H25NO3/c1-11-7-12(2)15(13(3)8-11)9-14(10-16(18)19)17-5-6-20-4/h7-8,14,17H,5-6,9-10H2,1-4H3,(H,18,19). The van der Waals surface area contributed by atoms with Crippen molar-refractivity contribution in [2.45, 2.75) is 39.7 Å². The van der Waals surface area contributed by atoms with Crippen LogP contribution in [-0.2, 0) is 16.0 Å². The van der Waals surface area contributed by atoms with Crippen molar-refractivity contribution in [1.29, 1.82) is 0 Å². The van der Waals surface area contributed by atoms with Gasteiger partial charge in [0.1, 0.15) is 0 Å². The third kappa shape index (κ3) is 5.31. The summed E-state index contributed by atoms with van der Waals surface area (Å²) in [5, 5.41) is 12.3. The first kappa shape index (κ1) is 16.7. The summed E-state index contributed by atoms with van der Waals surface area (Å²) in [5.41, 5.74) is 4.94. The fourth-order valence-electron chi connectivity index (χ4n) is 2.57. The number of benzene rings is 1. The Hall–Kier alpha value is -1.39. The van der Waals surface area contributed by atoms with Gasteiger partial charge in [-0.2, -0.15) is 0 Å². The summed E-state index contributed by atoms with van der Waals surface area (Å²) in [6.07, 6.45) is 0.852. The molecule has 0 bridgehead atoms. The number of carbonyl (C=O) groups is 1. The minimum absolute atomic E-state index is 0.0669. The zero-order chi connectivity index (χ0) is 15.1. The van der Waals surface area contributed by atoms with Crippen molar-refractivity contribution in [2.24, 2.45) is 0 Å². The van der Waals surface area contributed by atoms with Gasteiger partial charge in [0.25, 0.3) is 0 Å². The van der Waals surface area contributed by atoms with Gasteiger partial charge in [-0.05, 0) is 43.9 Å². The molecule has 4 heteroatoms. The van der Waals surface area contributed by atoms with Crippen LogP contribution in [0.3, 0.4) is 0 Å². The fraction of sp³-hybridized carbons (Fsp3) is 0.562. The molecule has 0 aliphatic heterocycles. The van der Waals surface area contributed by atoms with Crippen molar-refractivity contribution in [3.8, 4) is 0 Å². The summed E-state index contributed by atoms with van der Waals surface area (Å²) in [7, 11) is 1.64. The van der Waals surface area contributed by atoms with Crippen LogP contribution in [-0.4, -0.2) is 37.4 Å². The molecule has 0 amide bonds. The van der Waals surface area contributed by atoms with Gasteiger partial charge in [0.2, 0.25) is 0 Å². The topological polar surface area (TPSA) is 58.6 Å². The van der Waals surface area contributed by atoms with E-state index in [-0.39, 0.29) is 12.5 Å². The molecule has 0 aliphatic rings. The van der Waals surface area contributed by atoms with E-state index in [1.54, 1.807) is 7.11 Å². The first-order chi connectivity index (χ1) is 9.43. The summed E-state index contributed by atoms with van der Waals surface area (Å²) in [4.78, 5) is 11.0. The highest BCUT2D eigenvalue weighted by Gasteiger charge is 2.16. The zero-order valence-corrected chi connectivity index (χ0v) is 12.8. The minimum atomic E-state index is -0.776. The maximum absolute atomic E-state index is 11.0. The number of methoxy groups -OCH3 is 1. The Bertz CT molecular complexity index is 434. The second-order valence-corrected chi connectivity index (χ2v) is 5.32. The highest BCUT2D eigenvalue weighted by Crippen LogP contribution is 2.19. The van der Waals surface area contributed by atoms with Gasteiger partial charge in [-0.1, -0.05) is 17.7 Å². The number of carboxylic acid groups (broad SMARTS) is 1. The van der Waals surface area contributed by atoms with Gasteiger partial charge in [-0.15, -0.1) is 0 Å². The molecule has 1 aromatic carbocycles. The lowest BCUT2D eigenvalue weighted by Crippen LogP contribution is -2.36. The van der Waals surface area contributed by atoms with Crippen LogP contribution in [0.25, 0.3) is 0 Å². The Morgan fingerprint density at radius 2 is 1.90 bits per heavy atom. The molecule has 0 aliphatic carbocycles. The molecule has 1 aromatic rings. The molecule has 0 spiro atoms. The van der Waals surface area contributed by atoms with Crippen LogP contribution in [0.5, 0.6) is 0 Å². The van der Waals surface area contributed by atoms with Crippen molar-refractivity contribution >= 4 is 5.97 Å². The van der Waals surface area contributed by atoms with Crippen LogP contribution in [0.1, 0.15) is 28.7 Å². The third-order valence-corrected chi connectivity index (χ3v) is 3.45. The van der Waals surface area contributed by atoms with Crippen LogP contribution in [0.4, 0.5) is 0 Å². The number of hydrogen-bond acceptors (Lipinski definition) is 3. The largest absolute Gasteiger partial charge is 0.481 e. The molecule has 112 valence electrons. The number of ether oxygens (including phenoxy) is 1. The molecule has 0 heterocycles. The van der Waals surface area contributed by atoms with E-state index in [4.69, 9.17) is 9.84 Å². The molecule has 0 saturated heterocycles. The van der Waals surface area contributed by atoms with E-state index in [1.807, 2.05) is 0 Å². The van der Waals surface area contributed by atoms with Crippen molar-refractivity contribution in [3.63, 3.8) is 0 Å². The van der Waals surface area contributed by atoms with Gasteiger partial charge >= 0.3 is 5.97 Å². The fourth-order valence-corrected chi connectivity index (χ4v) is 2.57. The molecular formula is C16H25NO3. The van der Waals surface area contributed by atoms with Gasteiger partial charge in [0, 0.05) is 19.7 Å². The number of nitrogens with one attached hydrogen (secondary N) is 1. The van der Waals surface area contributed by atoms with Gasteiger partial charge in [0.15, 0.2) is 0 Å². The normalized spacial score (nSPS) is 12.4. The molecule has 2 N–H and O–H groups in total. The number of carboxylic acids is 1. The lowest BCUT2D eigenvalue weighted by atomic mass is 9.93. The summed E-state index contributed by atoms with van der Waals surface area (Å²) >= 11 is 0. The maximum atomic E-state index is 11.0. The van der Waals surface area contributed by atoms with Crippen molar-refractivity contribution in [2.75, 3.05) is 20.3 Å². The Morgan fingerprint density at radius 1 is 1.30 bits per heavy atom. The molecule has 0 radical (unpaired) electrons. The highest BCUT2D eigenvalue weighted by molar-refractivity contribution is 5.67. The second kappa shape index (κ2) is 8.02. The first-order valence-electron chi connectivity index (χ1n) is 6.95. The number of aliphatic carboxylic acids is 1. The maximum Gasteiger partial charge on any atom is 0.304 e. The van der Waals surface area contributed by atoms with E-state index in [0.717, 1.165) is 6.42 Å². The van der Waals surface area contributed by atoms with Crippen LogP contribution in [0, 0.1) is 20.8 Å². The van der Waals surface area contributed by atoms with Crippen molar-refractivity contribution < 1.29 is 14.6 Å². The Morgan fingerprint density at radius 3 is 2.40 bits per heavy atom. The molecule has 4 nitrogen and oxygen atoms in total. The molecular weight excluding hydrogens is 254 g/mol. The summed E-state index contributed by atoms with van der Waals surface area (Å²) in [6.45, 7) is 7.50. The van der Waals surface area contributed by atoms with Crippen LogP contribution >= 0.6 is 0 Å². The van der Waals surface area contributed by atoms with E-state index in [0.29, 0.717) is 13.2 Å². The van der Waals surface area contributed by atoms with Gasteiger partial charge in [-0.25, -0.2) is 0 Å². The summed E-state index contributed by atoms with van der Waals surface area (Å²) in [6, 6.07) is 4.23. The van der Waals surface area contributed by atoms with Crippen LogP contribution in [0.2, 0.25) is 0 Å². The van der Waals surface area contributed by atoms with Gasteiger partial charge in [0.05, 0.1) is 13.0 Å². The Labute approximate surface area is 121 Å². The first-order valence-corrected chi connectivity index (χ1v) is 6.95. The molecule has 0 aromatic heterocycles. The van der Waals surface area contributed by atoms with Crippen LogP contribution < -0.4 is 5.32 Å². The predicted octanol–water partition coefficient (Wildman–Crippen LogP) is 2.23. The van der Waals surface area contributed by atoms with Gasteiger partial charge in [-0.3, -0.25) is 4.79 Å². The van der Waals surface area contributed by atoms with E-state index in [9.17, 15) is 4.79 Å². The molecule has 0 saturated carbocycles. The molecule has 1 rings (SSSR count). The number of rotatable bonds is 8. The minimum Gasteiger partial charge on any atom is -0.481 e. The lowest BCUT2D eigenvalue weighted by molar-refractivity contribution is -0.137. The number of aryl methyl sites for hydroxylation is 3. The average Bonchev–Trinajstić information content (AvgIpc) is 2.33. The predicted molar refractivity (Wildman–Crippen MR) is 80.3 cm³/mol. The Balaban J connectivity index is 2.80. The molecule has 0 fully saturated rings. The quantitative estimate of drug-likeness (QED) is 0.717. The molecule has 20 heavy (non-hydrogen) atoms. The summed E-state index contributed by atoms with van der Waals surface area (Å²) in [5.74, 6) is -0.776. The zero-order valence-electron chi connectivity index (χ0n) is 12.8. The van der Waals surface area contributed by atoms with Gasteiger partial charge < -0.3 is 15.2 Å². The highest BCUT2D eigenvalue weighted by atomic mass is 16.5. The third-order valence-electron chi connectivity index (χ3n) is 3.45. The van der Waals surface area contributed by atoms with Crippen LogP contribution in [0.15, 0.2) is 12.1 Å². The number of hydrogen-bond donors (Lipinski definition) is 2. The van der Waals surface area contributed by atoms with Crippen molar-refractivity contribution in [3.05, 3.63) is 34.4 Å². The van der Waals surface area contributed by atoms with E-state index in [1.165, 1.54) is 22.3 Å². The molecule has 1 unspecified atom stereocenters. The monoisotopic (exact) mass is 279 g/mol. The average molecular weight is 279 g/mol. The molecule has 1 atom stereocenters. The Kier molecular flexibility index (Phi) is 6.68. The van der Waals surface area contributed by atoms with E-state index >= 15 is 0 Å². The van der Waals surface area contributed by atoms with E-state index in [2.05, 4.69) is 38.2 Å². The lowest BCUT2D eigenvalue weighted by Gasteiger charge is -2.20. The smallest absolute Gasteiger partial charge is 0.304 e. The van der Waals surface area contributed by atoms with E-state index < -0.39 is 5.97 Å². The van der Waals surface area contributed by atoms with Crippen molar-refractivity contribution in [1.82, 2.24) is 5.32 Å².